The Hall–Kier alpha value is -1.39. The predicted octanol–water partition coefficient (Wildman–Crippen LogP) is 2.97. The second-order valence-electron chi connectivity index (χ2n) is 4.64. The average molecular weight is 265 g/mol. The van der Waals surface area contributed by atoms with E-state index >= 15 is 0 Å². The van der Waals surface area contributed by atoms with Gasteiger partial charge in [0.25, 0.3) is 0 Å². The molecule has 96 valence electrons. The van der Waals surface area contributed by atoms with Gasteiger partial charge in [-0.25, -0.2) is 4.98 Å². The normalized spacial score (nSPS) is 11.8. The maximum Gasteiger partial charge on any atom is 0.182 e. The van der Waals surface area contributed by atoms with Gasteiger partial charge in [0.05, 0.1) is 10.6 Å². The number of rotatable bonds is 4. The number of hydrogen-bond donors (Lipinski definition) is 2. The summed E-state index contributed by atoms with van der Waals surface area (Å²) in [6, 6.07) is 7.56. The lowest BCUT2D eigenvalue weighted by molar-refractivity contribution is 0.392. The summed E-state index contributed by atoms with van der Waals surface area (Å²) < 4.78 is 0. The fraction of sp³-hybridized carbons (Fsp3) is 0.385. The molecule has 0 aliphatic heterocycles. The topological polar surface area (TPSA) is 53.6 Å². The average Bonchev–Trinajstić information content (AvgIpc) is 2.79. The molecule has 2 N–H and O–H groups in total. The van der Waals surface area contributed by atoms with Gasteiger partial charge in [0.2, 0.25) is 0 Å². The molecular weight excluding hydrogens is 248 g/mol. The number of H-pyrrole nitrogens is 1. The number of aromatic amines is 1. The quantitative estimate of drug-likeness (QED) is 0.893. The highest BCUT2D eigenvalue weighted by Gasteiger charge is 2.24. The summed E-state index contributed by atoms with van der Waals surface area (Å²) in [6.45, 7) is 7.06. The Labute approximate surface area is 112 Å². The second-order valence-corrected chi connectivity index (χ2v) is 5.05. The number of nitrogens with zero attached hydrogens (tertiary/aromatic N) is 2. The molecule has 0 spiro atoms. The summed E-state index contributed by atoms with van der Waals surface area (Å²) in [6.07, 6.45) is 0. The minimum Gasteiger partial charge on any atom is -0.306 e. The summed E-state index contributed by atoms with van der Waals surface area (Å²) in [5.41, 5.74) is 0.607. The zero-order chi connectivity index (χ0) is 13.2. The lowest BCUT2D eigenvalue weighted by atomic mass is 10.1. The van der Waals surface area contributed by atoms with Crippen LogP contribution in [0.4, 0.5) is 0 Å². The molecule has 0 fully saturated rings. The molecule has 0 saturated carbocycles. The number of nitrogens with one attached hydrogen (secondary N) is 2. The van der Waals surface area contributed by atoms with Crippen molar-refractivity contribution in [3.05, 3.63) is 35.1 Å². The molecule has 1 heterocycles. The summed E-state index contributed by atoms with van der Waals surface area (Å²) in [5.74, 6) is 1.43. The minimum atomic E-state index is -0.235. The molecule has 0 atom stereocenters. The first-order chi connectivity index (χ1) is 8.54. The molecule has 1 aromatic carbocycles. The van der Waals surface area contributed by atoms with E-state index in [-0.39, 0.29) is 5.54 Å². The van der Waals surface area contributed by atoms with Crippen molar-refractivity contribution in [3.8, 4) is 11.4 Å². The molecule has 2 aromatic rings. The molecule has 0 bridgehead atoms. The van der Waals surface area contributed by atoms with Gasteiger partial charge >= 0.3 is 0 Å². The molecule has 0 amide bonds. The number of hydrogen-bond acceptors (Lipinski definition) is 3. The van der Waals surface area contributed by atoms with Crippen LogP contribution in [-0.2, 0) is 5.54 Å². The van der Waals surface area contributed by atoms with E-state index in [1.807, 2.05) is 24.3 Å². The van der Waals surface area contributed by atoms with E-state index in [9.17, 15) is 0 Å². The van der Waals surface area contributed by atoms with E-state index in [0.29, 0.717) is 10.8 Å². The van der Waals surface area contributed by atoms with Crippen LogP contribution >= 0.6 is 11.6 Å². The number of benzene rings is 1. The van der Waals surface area contributed by atoms with Crippen molar-refractivity contribution in [2.45, 2.75) is 26.3 Å². The smallest absolute Gasteiger partial charge is 0.182 e. The van der Waals surface area contributed by atoms with Gasteiger partial charge in [-0.2, -0.15) is 5.10 Å². The molecule has 1 aromatic heterocycles. The zero-order valence-corrected chi connectivity index (χ0v) is 11.5. The maximum atomic E-state index is 6.13. The van der Waals surface area contributed by atoms with E-state index in [2.05, 4.69) is 41.3 Å². The first-order valence-corrected chi connectivity index (χ1v) is 6.35. The number of aromatic nitrogens is 3. The van der Waals surface area contributed by atoms with Gasteiger partial charge in [0.15, 0.2) is 5.82 Å². The Balaban J connectivity index is 2.34. The minimum absolute atomic E-state index is 0.235. The summed E-state index contributed by atoms with van der Waals surface area (Å²) >= 11 is 6.13. The van der Waals surface area contributed by atoms with Crippen molar-refractivity contribution < 1.29 is 0 Å². The van der Waals surface area contributed by atoms with Gasteiger partial charge in [-0.05, 0) is 32.5 Å². The first kappa shape index (κ1) is 13.1. The van der Waals surface area contributed by atoms with Gasteiger partial charge < -0.3 is 5.32 Å². The molecule has 0 unspecified atom stereocenters. The van der Waals surface area contributed by atoms with Crippen molar-refractivity contribution in [1.29, 1.82) is 0 Å². The van der Waals surface area contributed by atoms with Crippen LogP contribution in [0.3, 0.4) is 0 Å². The zero-order valence-electron chi connectivity index (χ0n) is 10.8. The molecule has 0 aliphatic carbocycles. The Kier molecular flexibility index (Phi) is 3.68. The Morgan fingerprint density at radius 2 is 2.06 bits per heavy atom. The lowest BCUT2D eigenvalue weighted by Crippen LogP contribution is -2.37. The largest absolute Gasteiger partial charge is 0.306 e. The van der Waals surface area contributed by atoms with E-state index in [4.69, 9.17) is 11.6 Å². The highest BCUT2D eigenvalue weighted by atomic mass is 35.5. The van der Waals surface area contributed by atoms with E-state index in [1.165, 1.54) is 0 Å². The third kappa shape index (κ3) is 2.54. The molecule has 2 rings (SSSR count). The van der Waals surface area contributed by atoms with E-state index < -0.39 is 0 Å². The van der Waals surface area contributed by atoms with Crippen LogP contribution < -0.4 is 5.32 Å². The van der Waals surface area contributed by atoms with Gasteiger partial charge in [-0.1, -0.05) is 30.7 Å². The molecule has 18 heavy (non-hydrogen) atoms. The third-order valence-electron chi connectivity index (χ3n) is 2.81. The fourth-order valence-corrected chi connectivity index (χ4v) is 2.05. The summed E-state index contributed by atoms with van der Waals surface area (Å²) in [4.78, 5) is 4.52. The summed E-state index contributed by atoms with van der Waals surface area (Å²) in [5, 5.41) is 11.2. The highest BCUT2D eigenvalue weighted by Crippen LogP contribution is 2.26. The fourth-order valence-electron chi connectivity index (χ4n) is 1.83. The Morgan fingerprint density at radius 3 is 2.72 bits per heavy atom. The lowest BCUT2D eigenvalue weighted by Gasteiger charge is -2.22. The Morgan fingerprint density at radius 1 is 1.33 bits per heavy atom. The summed E-state index contributed by atoms with van der Waals surface area (Å²) in [7, 11) is 0. The second kappa shape index (κ2) is 5.08. The Bertz CT molecular complexity index is 533. The molecule has 0 saturated heterocycles. The van der Waals surface area contributed by atoms with E-state index in [0.717, 1.165) is 17.9 Å². The number of halogens is 1. The molecular formula is C13H17ClN4. The van der Waals surface area contributed by atoms with Crippen molar-refractivity contribution in [2.24, 2.45) is 0 Å². The molecule has 0 aliphatic rings. The molecule has 5 heteroatoms. The standard InChI is InChI=1S/C13H17ClN4/c1-4-15-13(2,3)12-16-11(17-18-12)9-7-5-6-8-10(9)14/h5-8,15H,4H2,1-3H3,(H,16,17,18). The van der Waals surface area contributed by atoms with Gasteiger partial charge in [-0.15, -0.1) is 0 Å². The van der Waals surface area contributed by atoms with Crippen LogP contribution in [0.25, 0.3) is 11.4 Å². The SMILES string of the molecule is CCNC(C)(C)c1nc(-c2ccccc2Cl)n[nH]1. The van der Waals surface area contributed by atoms with E-state index in [1.54, 1.807) is 0 Å². The predicted molar refractivity (Wildman–Crippen MR) is 73.5 cm³/mol. The maximum absolute atomic E-state index is 6.13. The highest BCUT2D eigenvalue weighted by molar-refractivity contribution is 6.33. The van der Waals surface area contributed by atoms with Crippen LogP contribution in [0.2, 0.25) is 5.02 Å². The van der Waals surface area contributed by atoms with Crippen molar-refractivity contribution >= 4 is 11.6 Å². The monoisotopic (exact) mass is 264 g/mol. The first-order valence-electron chi connectivity index (χ1n) is 5.97. The van der Waals surface area contributed by atoms with Gasteiger partial charge in [-0.3, -0.25) is 5.10 Å². The molecule has 0 radical (unpaired) electrons. The van der Waals surface area contributed by atoms with Gasteiger partial charge in [0, 0.05) is 5.56 Å². The molecule has 4 nitrogen and oxygen atoms in total. The van der Waals surface area contributed by atoms with Crippen LogP contribution in [0.5, 0.6) is 0 Å². The van der Waals surface area contributed by atoms with Crippen LogP contribution in [0.15, 0.2) is 24.3 Å². The van der Waals surface area contributed by atoms with Crippen molar-refractivity contribution in [1.82, 2.24) is 20.5 Å². The van der Waals surface area contributed by atoms with Crippen molar-refractivity contribution in [3.63, 3.8) is 0 Å². The third-order valence-corrected chi connectivity index (χ3v) is 3.14. The van der Waals surface area contributed by atoms with Crippen LogP contribution in [-0.4, -0.2) is 21.7 Å². The van der Waals surface area contributed by atoms with Crippen molar-refractivity contribution in [2.75, 3.05) is 6.54 Å². The van der Waals surface area contributed by atoms with Crippen LogP contribution in [0, 0.1) is 0 Å². The van der Waals surface area contributed by atoms with Gasteiger partial charge in [0.1, 0.15) is 5.82 Å². The van der Waals surface area contributed by atoms with Crippen LogP contribution in [0.1, 0.15) is 26.6 Å².